The Bertz CT molecular complexity index is 594. The molecule has 6 heteroatoms. The van der Waals surface area contributed by atoms with Crippen molar-refractivity contribution in [2.45, 2.75) is 38.5 Å². The van der Waals surface area contributed by atoms with Gasteiger partial charge in [-0.15, -0.1) is 0 Å². The van der Waals surface area contributed by atoms with Gasteiger partial charge in [-0.05, 0) is 62.3 Å². The molecule has 0 spiro atoms. The van der Waals surface area contributed by atoms with Crippen LogP contribution in [0.15, 0.2) is 11.0 Å². The van der Waals surface area contributed by atoms with Gasteiger partial charge in [-0.2, -0.15) is 0 Å². The Kier molecular flexibility index (Phi) is 4.91. The van der Waals surface area contributed by atoms with E-state index in [0.29, 0.717) is 28.6 Å². The number of anilines is 1. The molecule has 3 N–H and O–H groups in total. The quantitative estimate of drug-likeness (QED) is 0.814. The lowest BCUT2D eigenvalue weighted by molar-refractivity contribution is 0.184. The van der Waals surface area contributed by atoms with Crippen molar-refractivity contribution in [3.8, 4) is 0 Å². The second-order valence-corrected chi connectivity index (χ2v) is 7.48. The fraction of sp³-hybridized carbons (Fsp3) is 0.600. The lowest BCUT2D eigenvalue weighted by Gasteiger charge is -2.16. The first-order valence-electron chi connectivity index (χ1n) is 7.26. The minimum absolute atomic E-state index is 0.322. The van der Waals surface area contributed by atoms with Crippen molar-refractivity contribution in [3.63, 3.8) is 0 Å². The van der Waals surface area contributed by atoms with E-state index in [2.05, 4.69) is 4.72 Å². The zero-order valence-corrected chi connectivity index (χ0v) is 13.7. The van der Waals surface area contributed by atoms with Gasteiger partial charge in [0.05, 0.1) is 4.90 Å². The van der Waals surface area contributed by atoms with Gasteiger partial charge in [0.1, 0.15) is 0 Å². The summed E-state index contributed by atoms with van der Waals surface area (Å²) < 4.78 is 33.1. The van der Waals surface area contributed by atoms with Crippen LogP contribution >= 0.6 is 0 Å². The lowest BCUT2D eigenvalue weighted by Crippen LogP contribution is -2.28. The van der Waals surface area contributed by atoms with Crippen LogP contribution in [-0.4, -0.2) is 28.2 Å². The number of nitrogens with two attached hydrogens (primary N) is 1. The number of sulfonamides is 1. The molecule has 0 saturated carbocycles. The second-order valence-electron chi connectivity index (χ2n) is 5.78. The van der Waals surface area contributed by atoms with E-state index in [9.17, 15) is 8.42 Å². The summed E-state index contributed by atoms with van der Waals surface area (Å²) >= 11 is 0. The predicted octanol–water partition coefficient (Wildman–Crippen LogP) is 1.90. The van der Waals surface area contributed by atoms with E-state index in [1.165, 1.54) is 0 Å². The van der Waals surface area contributed by atoms with Gasteiger partial charge in [-0.1, -0.05) is 0 Å². The van der Waals surface area contributed by atoms with E-state index < -0.39 is 10.0 Å². The first kappa shape index (κ1) is 16.3. The average molecular weight is 312 g/mol. The Balaban J connectivity index is 2.15. The van der Waals surface area contributed by atoms with Crippen molar-refractivity contribution in [1.29, 1.82) is 0 Å². The highest BCUT2D eigenvalue weighted by molar-refractivity contribution is 7.89. The molecule has 0 bridgehead atoms. The standard InChI is InChI=1S/C15H24N2O3S/c1-10-8-14(16)12(3)15(11(10)2)21(18,19)17-6-4-13-5-7-20-9-13/h8,13,17H,4-7,9,16H2,1-3H3. The zero-order valence-electron chi connectivity index (χ0n) is 12.9. The van der Waals surface area contributed by atoms with Crippen LogP contribution in [0, 0.1) is 26.7 Å². The summed E-state index contributed by atoms with van der Waals surface area (Å²) in [6, 6.07) is 1.82. The van der Waals surface area contributed by atoms with Gasteiger partial charge >= 0.3 is 0 Å². The highest BCUT2D eigenvalue weighted by atomic mass is 32.2. The average Bonchev–Trinajstić information content (AvgIpc) is 2.89. The SMILES string of the molecule is Cc1cc(N)c(C)c(S(=O)(=O)NCCC2CCOC2)c1C. The summed E-state index contributed by atoms with van der Waals surface area (Å²) in [6.07, 6.45) is 1.82. The number of hydrogen-bond donors (Lipinski definition) is 2. The van der Waals surface area contributed by atoms with Crippen LogP contribution in [0.4, 0.5) is 5.69 Å². The van der Waals surface area contributed by atoms with Gasteiger partial charge in [0.25, 0.3) is 0 Å². The number of ether oxygens (including phenoxy) is 1. The molecule has 118 valence electrons. The van der Waals surface area contributed by atoms with Crippen molar-refractivity contribution in [2.24, 2.45) is 5.92 Å². The molecule has 1 aromatic carbocycles. The minimum Gasteiger partial charge on any atom is -0.398 e. The smallest absolute Gasteiger partial charge is 0.241 e. The first-order valence-corrected chi connectivity index (χ1v) is 8.75. The molecular formula is C15H24N2O3S. The van der Waals surface area contributed by atoms with Gasteiger partial charge in [0, 0.05) is 25.4 Å². The molecule has 1 heterocycles. The fourth-order valence-corrected chi connectivity index (χ4v) is 4.34. The third kappa shape index (κ3) is 3.56. The van der Waals surface area contributed by atoms with Crippen molar-refractivity contribution >= 4 is 15.7 Å². The molecule has 0 aliphatic carbocycles. The Morgan fingerprint density at radius 2 is 2.05 bits per heavy atom. The number of hydrogen-bond acceptors (Lipinski definition) is 4. The topological polar surface area (TPSA) is 81.4 Å². The minimum atomic E-state index is -3.53. The summed E-state index contributed by atoms with van der Waals surface area (Å²) in [7, 11) is -3.53. The number of nitrogen functional groups attached to an aromatic ring is 1. The Morgan fingerprint density at radius 3 is 2.67 bits per heavy atom. The molecule has 0 amide bonds. The normalized spacial score (nSPS) is 19.1. The largest absolute Gasteiger partial charge is 0.398 e. The van der Waals surface area contributed by atoms with Crippen molar-refractivity contribution in [3.05, 3.63) is 22.8 Å². The number of aryl methyl sites for hydroxylation is 1. The molecule has 21 heavy (non-hydrogen) atoms. The molecule has 5 nitrogen and oxygen atoms in total. The maximum Gasteiger partial charge on any atom is 0.241 e. The Hall–Kier alpha value is -1.11. The first-order chi connectivity index (χ1) is 9.83. The van der Waals surface area contributed by atoms with Gasteiger partial charge in [-0.25, -0.2) is 13.1 Å². The van der Waals surface area contributed by atoms with Gasteiger partial charge < -0.3 is 10.5 Å². The predicted molar refractivity (Wildman–Crippen MR) is 83.8 cm³/mol. The summed E-state index contributed by atoms with van der Waals surface area (Å²) in [5.41, 5.74) is 8.70. The van der Waals surface area contributed by atoms with Crippen LogP contribution < -0.4 is 10.5 Å². The van der Waals surface area contributed by atoms with Gasteiger partial charge in [-0.3, -0.25) is 0 Å². The highest BCUT2D eigenvalue weighted by Gasteiger charge is 2.23. The summed E-state index contributed by atoms with van der Waals surface area (Å²) in [5, 5.41) is 0. The van der Waals surface area contributed by atoms with Crippen LogP contribution in [0.2, 0.25) is 0 Å². The summed E-state index contributed by atoms with van der Waals surface area (Å²) in [6.45, 7) is 7.40. The molecule has 1 aliphatic heterocycles. The van der Waals surface area contributed by atoms with E-state index in [0.717, 1.165) is 37.2 Å². The van der Waals surface area contributed by atoms with E-state index in [1.54, 1.807) is 6.92 Å². The van der Waals surface area contributed by atoms with E-state index in [-0.39, 0.29) is 0 Å². The third-order valence-corrected chi connectivity index (χ3v) is 5.95. The summed E-state index contributed by atoms with van der Waals surface area (Å²) in [5.74, 6) is 0.456. The molecule has 1 fully saturated rings. The molecule has 1 unspecified atom stereocenters. The molecule has 2 rings (SSSR count). The molecular weight excluding hydrogens is 288 g/mol. The molecule has 1 aliphatic rings. The fourth-order valence-electron chi connectivity index (χ4n) is 2.72. The van der Waals surface area contributed by atoms with Crippen molar-refractivity contribution < 1.29 is 13.2 Å². The van der Waals surface area contributed by atoms with Crippen LogP contribution in [0.25, 0.3) is 0 Å². The van der Waals surface area contributed by atoms with E-state index >= 15 is 0 Å². The van der Waals surface area contributed by atoms with Crippen LogP contribution in [0.5, 0.6) is 0 Å². The van der Waals surface area contributed by atoms with E-state index in [4.69, 9.17) is 10.5 Å². The lowest BCUT2D eigenvalue weighted by atomic mass is 10.1. The Labute approximate surface area is 126 Å². The number of rotatable bonds is 5. The van der Waals surface area contributed by atoms with Gasteiger partial charge in [0.2, 0.25) is 10.0 Å². The number of nitrogens with one attached hydrogen (secondary N) is 1. The van der Waals surface area contributed by atoms with Crippen LogP contribution in [0.1, 0.15) is 29.5 Å². The zero-order chi connectivity index (χ0) is 15.6. The summed E-state index contributed by atoms with van der Waals surface area (Å²) in [4.78, 5) is 0.322. The van der Waals surface area contributed by atoms with Crippen molar-refractivity contribution in [2.75, 3.05) is 25.5 Å². The maximum absolute atomic E-state index is 12.6. The molecule has 0 radical (unpaired) electrons. The van der Waals surface area contributed by atoms with Gasteiger partial charge in [0.15, 0.2) is 0 Å². The van der Waals surface area contributed by atoms with Crippen LogP contribution in [0.3, 0.4) is 0 Å². The second kappa shape index (κ2) is 6.34. The third-order valence-electron chi connectivity index (χ3n) is 4.22. The highest BCUT2D eigenvalue weighted by Crippen LogP contribution is 2.27. The van der Waals surface area contributed by atoms with Crippen molar-refractivity contribution in [1.82, 2.24) is 4.72 Å². The molecule has 1 aromatic rings. The monoisotopic (exact) mass is 312 g/mol. The Morgan fingerprint density at radius 1 is 1.33 bits per heavy atom. The molecule has 1 saturated heterocycles. The number of benzene rings is 1. The van der Waals surface area contributed by atoms with Crippen LogP contribution in [-0.2, 0) is 14.8 Å². The molecule has 1 atom stereocenters. The maximum atomic E-state index is 12.6. The molecule has 0 aromatic heterocycles. The van der Waals surface area contributed by atoms with E-state index in [1.807, 2.05) is 19.9 Å².